The minimum atomic E-state index is -0.257. The Morgan fingerprint density at radius 2 is 2.23 bits per heavy atom. The maximum atomic E-state index is 11.3. The molecule has 1 aromatic rings. The Bertz CT molecular complexity index is 321. The van der Waals surface area contributed by atoms with Crippen LogP contribution in [0, 0.1) is 6.92 Å². The van der Waals surface area contributed by atoms with Crippen molar-refractivity contribution in [3.63, 3.8) is 0 Å². The zero-order valence-electron chi connectivity index (χ0n) is 7.63. The molecule has 0 aliphatic carbocycles. The van der Waals surface area contributed by atoms with Gasteiger partial charge in [-0.05, 0) is 37.6 Å². The Labute approximate surface area is 86.0 Å². The van der Waals surface area contributed by atoms with E-state index in [2.05, 4.69) is 15.9 Å². The van der Waals surface area contributed by atoms with E-state index in [1.54, 1.807) is 13.0 Å². The standard InChI is InChI=1S/C10H11BrO2/c1-3-13-10(12)9-5-4-8(11)6-7(9)2/h4-6H,3H2,1-2H3. The van der Waals surface area contributed by atoms with Gasteiger partial charge in [0.15, 0.2) is 0 Å². The zero-order chi connectivity index (χ0) is 9.84. The lowest BCUT2D eigenvalue weighted by atomic mass is 10.1. The van der Waals surface area contributed by atoms with Crippen LogP contribution >= 0.6 is 15.9 Å². The quantitative estimate of drug-likeness (QED) is 0.746. The molecule has 0 heterocycles. The third kappa shape index (κ3) is 2.56. The summed E-state index contributed by atoms with van der Waals surface area (Å²) in [6.07, 6.45) is 0. The molecule has 3 heteroatoms. The second-order valence-electron chi connectivity index (χ2n) is 2.68. The van der Waals surface area contributed by atoms with Crippen molar-refractivity contribution in [3.8, 4) is 0 Å². The molecule has 0 amide bonds. The van der Waals surface area contributed by atoms with Crippen molar-refractivity contribution in [3.05, 3.63) is 33.8 Å². The highest BCUT2D eigenvalue weighted by molar-refractivity contribution is 9.10. The summed E-state index contributed by atoms with van der Waals surface area (Å²) in [6.45, 7) is 4.09. The van der Waals surface area contributed by atoms with Gasteiger partial charge in [-0.25, -0.2) is 4.79 Å². The number of esters is 1. The van der Waals surface area contributed by atoms with Crippen molar-refractivity contribution < 1.29 is 9.53 Å². The van der Waals surface area contributed by atoms with Gasteiger partial charge in [-0.2, -0.15) is 0 Å². The summed E-state index contributed by atoms with van der Waals surface area (Å²) in [5, 5.41) is 0. The SMILES string of the molecule is CCOC(=O)c1ccc(Br)cc1C. The van der Waals surface area contributed by atoms with E-state index in [1.165, 1.54) is 0 Å². The molecule has 0 atom stereocenters. The summed E-state index contributed by atoms with van der Waals surface area (Å²) >= 11 is 3.33. The fourth-order valence-electron chi connectivity index (χ4n) is 1.06. The molecule has 0 aliphatic heterocycles. The number of carbonyl (C=O) groups is 1. The molecule has 70 valence electrons. The van der Waals surface area contributed by atoms with Crippen molar-refractivity contribution >= 4 is 21.9 Å². The molecule has 0 unspecified atom stereocenters. The number of aryl methyl sites for hydroxylation is 1. The zero-order valence-corrected chi connectivity index (χ0v) is 9.22. The number of halogens is 1. The molecule has 0 spiro atoms. The Balaban J connectivity index is 2.95. The fourth-order valence-corrected chi connectivity index (χ4v) is 1.54. The van der Waals surface area contributed by atoms with Gasteiger partial charge in [0.25, 0.3) is 0 Å². The molecule has 0 N–H and O–H groups in total. The summed E-state index contributed by atoms with van der Waals surface area (Å²) in [5.41, 5.74) is 1.55. The van der Waals surface area contributed by atoms with Crippen molar-refractivity contribution in [2.45, 2.75) is 13.8 Å². The maximum Gasteiger partial charge on any atom is 0.338 e. The number of hydrogen-bond acceptors (Lipinski definition) is 2. The van der Waals surface area contributed by atoms with Crippen LogP contribution in [0.2, 0.25) is 0 Å². The second-order valence-corrected chi connectivity index (χ2v) is 3.60. The number of ether oxygens (including phenoxy) is 1. The first-order valence-electron chi connectivity index (χ1n) is 4.08. The van der Waals surface area contributed by atoms with Crippen LogP contribution in [0.5, 0.6) is 0 Å². The molecule has 2 nitrogen and oxygen atoms in total. The Morgan fingerprint density at radius 3 is 2.77 bits per heavy atom. The van der Waals surface area contributed by atoms with Gasteiger partial charge in [-0.3, -0.25) is 0 Å². The van der Waals surface area contributed by atoms with E-state index in [9.17, 15) is 4.79 Å². The average Bonchev–Trinajstić information content (AvgIpc) is 2.04. The van der Waals surface area contributed by atoms with Crippen molar-refractivity contribution in [2.75, 3.05) is 6.61 Å². The molecule has 0 fully saturated rings. The largest absolute Gasteiger partial charge is 0.462 e. The number of rotatable bonds is 2. The lowest BCUT2D eigenvalue weighted by molar-refractivity contribution is 0.0525. The minimum absolute atomic E-state index is 0.257. The first kappa shape index (κ1) is 10.3. The molecular weight excluding hydrogens is 232 g/mol. The number of carbonyl (C=O) groups excluding carboxylic acids is 1. The predicted octanol–water partition coefficient (Wildman–Crippen LogP) is 2.93. The second kappa shape index (κ2) is 4.42. The minimum Gasteiger partial charge on any atom is -0.462 e. The average molecular weight is 243 g/mol. The molecule has 1 rings (SSSR count). The lowest BCUT2D eigenvalue weighted by Gasteiger charge is -2.04. The Kier molecular flexibility index (Phi) is 3.48. The van der Waals surface area contributed by atoms with Gasteiger partial charge >= 0.3 is 5.97 Å². The highest BCUT2D eigenvalue weighted by Crippen LogP contribution is 2.16. The van der Waals surface area contributed by atoms with Gasteiger partial charge in [-0.1, -0.05) is 15.9 Å². The summed E-state index contributed by atoms with van der Waals surface area (Å²) in [7, 11) is 0. The molecule has 0 bridgehead atoms. The molecule has 1 aromatic carbocycles. The van der Waals surface area contributed by atoms with E-state index in [4.69, 9.17) is 4.74 Å². The van der Waals surface area contributed by atoms with Gasteiger partial charge in [0.1, 0.15) is 0 Å². The molecule has 13 heavy (non-hydrogen) atoms. The fraction of sp³-hybridized carbons (Fsp3) is 0.300. The molecule has 0 radical (unpaired) electrons. The Hall–Kier alpha value is -0.830. The normalized spacial score (nSPS) is 9.77. The molecule has 0 saturated heterocycles. The van der Waals surface area contributed by atoms with Gasteiger partial charge in [0, 0.05) is 4.47 Å². The van der Waals surface area contributed by atoms with Crippen LogP contribution in [0.3, 0.4) is 0 Å². The molecule has 0 aromatic heterocycles. The van der Waals surface area contributed by atoms with E-state index in [-0.39, 0.29) is 5.97 Å². The summed E-state index contributed by atoms with van der Waals surface area (Å²) < 4.78 is 5.86. The van der Waals surface area contributed by atoms with Crippen LogP contribution in [0.15, 0.2) is 22.7 Å². The molecular formula is C10H11BrO2. The van der Waals surface area contributed by atoms with Crippen molar-refractivity contribution in [2.24, 2.45) is 0 Å². The van der Waals surface area contributed by atoms with E-state index in [0.29, 0.717) is 12.2 Å². The number of benzene rings is 1. The first-order valence-corrected chi connectivity index (χ1v) is 4.87. The van der Waals surface area contributed by atoms with Crippen LogP contribution in [-0.4, -0.2) is 12.6 Å². The first-order chi connectivity index (χ1) is 6.15. The molecule has 0 aliphatic rings. The molecule has 0 saturated carbocycles. The van der Waals surface area contributed by atoms with Gasteiger partial charge in [-0.15, -0.1) is 0 Å². The topological polar surface area (TPSA) is 26.3 Å². The smallest absolute Gasteiger partial charge is 0.338 e. The van der Waals surface area contributed by atoms with Crippen LogP contribution in [-0.2, 0) is 4.74 Å². The van der Waals surface area contributed by atoms with E-state index < -0.39 is 0 Å². The highest BCUT2D eigenvalue weighted by atomic mass is 79.9. The van der Waals surface area contributed by atoms with Crippen molar-refractivity contribution in [1.82, 2.24) is 0 Å². The van der Waals surface area contributed by atoms with E-state index in [1.807, 2.05) is 19.1 Å². The third-order valence-corrected chi connectivity index (χ3v) is 2.18. The van der Waals surface area contributed by atoms with E-state index >= 15 is 0 Å². The summed E-state index contributed by atoms with van der Waals surface area (Å²) in [6, 6.07) is 5.49. The predicted molar refractivity (Wildman–Crippen MR) is 54.8 cm³/mol. The third-order valence-electron chi connectivity index (χ3n) is 1.68. The van der Waals surface area contributed by atoms with Crippen LogP contribution in [0.25, 0.3) is 0 Å². The van der Waals surface area contributed by atoms with Crippen LogP contribution in [0.4, 0.5) is 0 Å². The number of hydrogen-bond donors (Lipinski definition) is 0. The van der Waals surface area contributed by atoms with Crippen molar-refractivity contribution in [1.29, 1.82) is 0 Å². The lowest BCUT2D eigenvalue weighted by Crippen LogP contribution is -2.06. The maximum absolute atomic E-state index is 11.3. The highest BCUT2D eigenvalue weighted by Gasteiger charge is 2.08. The van der Waals surface area contributed by atoms with Crippen LogP contribution < -0.4 is 0 Å². The Morgan fingerprint density at radius 1 is 1.54 bits per heavy atom. The van der Waals surface area contributed by atoms with Gasteiger partial charge < -0.3 is 4.74 Å². The van der Waals surface area contributed by atoms with Crippen LogP contribution in [0.1, 0.15) is 22.8 Å². The monoisotopic (exact) mass is 242 g/mol. The summed E-state index contributed by atoms with van der Waals surface area (Å²) in [5.74, 6) is -0.257. The van der Waals surface area contributed by atoms with Gasteiger partial charge in [0.05, 0.1) is 12.2 Å². The van der Waals surface area contributed by atoms with E-state index in [0.717, 1.165) is 10.0 Å². The summed E-state index contributed by atoms with van der Waals surface area (Å²) in [4.78, 5) is 11.3. The van der Waals surface area contributed by atoms with Gasteiger partial charge in [0.2, 0.25) is 0 Å².